The predicted octanol–water partition coefficient (Wildman–Crippen LogP) is 2.42. The van der Waals surface area contributed by atoms with E-state index in [2.05, 4.69) is 0 Å². The Bertz CT molecular complexity index is 532. The van der Waals surface area contributed by atoms with Gasteiger partial charge < -0.3 is 9.80 Å². The fraction of sp³-hybridized carbons (Fsp3) is 0.625. The van der Waals surface area contributed by atoms with Gasteiger partial charge in [0.05, 0.1) is 4.88 Å². The molecule has 5 heteroatoms. The summed E-state index contributed by atoms with van der Waals surface area (Å²) >= 11 is 1.61. The SMILES string of the molecule is CCN(CC)C(=O)c1cc2c(s1)CC[C@@H](C(=O)N(C)C)C2. The predicted molar refractivity (Wildman–Crippen MR) is 85.8 cm³/mol. The van der Waals surface area contributed by atoms with Crippen LogP contribution in [0.4, 0.5) is 0 Å². The topological polar surface area (TPSA) is 40.6 Å². The van der Waals surface area contributed by atoms with Crippen LogP contribution >= 0.6 is 11.3 Å². The highest BCUT2D eigenvalue weighted by atomic mass is 32.1. The summed E-state index contributed by atoms with van der Waals surface area (Å²) in [5.74, 6) is 0.386. The smallest absolute Gasteiger partial charge is 0.263 e. The summed E-state index contributed by atoms with van der Waals surface area (Å²) in [6.07, 6.45) is 2.58. The highest BCUT2D eigenvalue weighted by molar-refractivity contribution is 7.14. The summed E-state index contributed by atoms with van der Waals surface area (Å²) in [6, 6.07) is 2.01. The van der Waals surface area contributed by atoms with Crippen LogP contribution in [0.3, 0.4) is 0 Å². The molecule has 0 unspecified atom stereocenters. The number of nitrogens with zero attached hydrogens (tertiary/aromatic N) is 2. The molecule has 2 amide bonds. The third-order valence-electron chi connectivity index (χ3n) is 4.13. The molecule has 1 heterocycles. The molecule has 0 bridgehead atoms. The molecule has 0 spiro atoms. The van der Waals surface area contributed by atoms with Crippen LogP contribution < -0.4 is 0 Å². The Morgan fingerprint density at radius 2 is 1.95 bits per heavy atom. The number of fused-ring (bicyclic) bond motifs is 1. The number of hydrogen-bond donors (Lipinski definition) is 0. The molecule has 0 radical (unpaired) electrons. The van der Waals surface area contributed by atoms with Crippen molar-refractivity contribution in [2.24, 2.45) is 5.92 Å². The molecule has 4 nitrogen and oxygen atoms in total. The van der Waals surface area contributed by atoms with Gasteiger partial charge in [-0.2, -0.15) is 0 Å². The number of aryl methyl sites for hydroxylation is 1. The molecule has 0 aromatic carbocycles. The lowest BCUT2D eigenvalue weighted by atomic mass is 9.87. The Hall–Kier alpha value is -1.36. The number of carbonyl (C=O) groups is 2. The summed E-state index contributed by atoms with van der Waals surface area (Å²) in [7, 11) is 3.61. The third-order valence-corrected chi connectivity index (χ3v) is 5.36. The van der Waals surface area contributed by atoms with Crippen molar-refractivity contribution in [3.05, 3.63) is 21.4 Å². The molecule has 0 saturated carbocycles. The van der Waals surface area contributed by atoms with Gasteiger partial charge in [-0.3, -0.25) is 9.59 Å². The van der Waals surface area contributed by atoms with E-state index in [-0.39, 0.29) is 17.7 Å². The van der Waals surface area contributed by atoms with Crippen molar-refractivity contribution in [2.75, 3.05) is 27.2 Å². The van der Waals surface area contributed by atoms with Crippen LogP contribution in [0, 0.1) is 5.92 Å². The highest BCUT2D eigenvalue weighted by Crippen LogP contribution is 2.33. The molecule has 1 aromatic rings. The second-order valence-corrected chi connectivity index (χ2v) is 6.85. The van der Waals surface area contributed by atoms with Gasteiger partial charge in [-0.15, -0.1) is 11.3 Å². The Morgan fingerprint density at radius 3 is 2.52 bits per heavy atom. The molecule has 1 aliphatic carbocycles. The molecule has 0 saturated heterocycles. The van der Waals surface area contributed by atoms with Gasteiger partial charge in [0.25, 0.3) is 5.91 Å². The first-order valence-corrected chi connectivity index (χ1v) is 8.41. The molecule has 0 aliphatic heterocycles. The molecular formula is C16H24N2O2S. The van der Waals surface area contributed by atoms with Crippen molar-refractivity contribution in [1.82, 2.24) is 9.80 Å². The molecule has 2 rings (SSSR count). The second kappa shape index (κ2) is 6.60. The second-order valence-electron chi connectivity index (χ2n) is 5.71. The zero-order valence-electron chi connectivity index (χ0n) is 13.3. The van der Waals surface area contributed by atoms with Crippen LogP contribution in [0.25, 0.3) is 0 Å². The highest BCUT2D eigenvalue weighted by Gasteiger charge is 2.28. The summed E-state index contributed by atoms with van der Waals surface area (Å²) < 4.78 is 0. The summed E-state index contributed by atoms with van der Waals surface area (Å²) in [6.45, 7) is 5.47. The van der Waals surface area contributed by atoms with Gasteiger partial charge in [0.15, 0.2) is 0 Å². The average molecular weight is 308 g/mol. The number of hydrogen-bond acceptors (Lipinski definition) is 3. The minimum atomic E-state index is 0.0681. The Labute approximate surface area is 130 Å². The molecule has 116 valence electrons. The molecule has 1 atom stereocenters. The van der Waals surface area contributed by atoms with Crippen molar-refractivity contribution in [2.45, 2.75) is 33.1 Å². The maximum Gasteiger partial charge on any atom is 0.263 e. The molecule has 1 aromatic heterocycles. The van der Waals surface area contributed by atoms with Gasteiger partial charge in [-0.1, -0.05) is 0 Å². The van der Waals surface area contributed by atoms with E-state index >= 15 is 0 Å². The van der Waals surface area contributed by atoms with Gasteiger partial charge in [0, 0.05) is 38.0 Å². The maximum atomic E-state index is 12.4. The van der Waals surface area contributed by atoms with Crippen LogP contribution in [-0.4, -0.2) is 48.8 Å². The van der Waals surface area contributed by atoms with E-state index in [1.165, 1.54) is 10.4 Å². The van der Waals surface area contributed by atoms with E-state index in [1.807, 2.05) is 24.8 Å². The van der Waals surface area contributed by atoms with Crippen molar-refractivity contribution < 1.29 is 9.59 Å². The molecule has 21 heavy (non-hydrogen) atoms. The Morgan fingerprint density at radius 1 is 1.29 bits per heavy atom. The first-order valence-electron chi connectivity index (χ1n) is 7.59. The minimum absolute atomic E-state index is 0.0681. The van der Waals surface area contributed by atoms with E-state index in [0.717, 1.165) is 37.2 Å². The van der Waals surface area contributed by atoms with E-state index in [9.17, 15) is 9.59 Å². The maximum absolute atomic E-state index is 12.4. The summed E-state index contributed by atoms with van der Waals surface area (Å²) in [4.78, 5) is 30.1. The Balaban J connectivity index is 2.16. The van der Waals surface area contributed by atoms with Crippen molar-refractivity contribution in [1.29, 1.82) is 0 Å². The van der Waals surface area contributed by atoms with Gasteiger partial charge in [0.2, 0.25) is 5.91 Å². The minimum Gasteiger partial charge on any atom is -0.349 e. The van der Waals surface area contributed by atoms with E-state index < -0.39 is 0 Å². The number of rotatable bonds is 4. The van der Waals surface area contributed by atoms with Gasteiger partial charge in [0.1, 0.15) is 0 Å². The van der Waals surface area contributed by atoms with Crippen LogP contribution in [0.1, 0.15) is 40.4 Å². The standard InChI is InChI=1S/C16H24N2O2S/c1-5-18(6-2)16(20)14-10-12-9-11(15(19)17(3)4)7-8-13(12)21-14/h10-11H,5-9H2,1-4H3/t11-/m1/s1. The average Bonchev–Trinajstić information content (AvgIpc) is 2.90. The Kier molecular flexibility index (Phi) is 5.04. The lowest BCUT2D eigenvalue weighted by Gasteiger charge is -2.24. The summed E-state index contributed by atoms with van der Waals surface area (Å²) in [5, 5.41) is 0. The van der Waals surface area contributed by atoms with Crippen LogP contribution in [0.5, 0.6) is 0 Å². The van der Waals surface area contributed by atoms with Crippen molar-refractivity contribution in [3.8, 4) is 0 Å². The number of carbonyl (C=O) groups excluding carboxylic acids is 2. The largest absolute Gasteiger partial charge is 0.349 e. The van der Waals surface area contributed by atoms with Crippen LogP contribution in [0.2, 0.25) is 0 Å². The molecule has 1 aliphatic rings. The van der Waals surface area contributed by atoms with E-state index in [0.29, 0.717) is 0 Å². The number of thiophene rings is 1. The molecular weight excluding hydrogens is 284 g/mol. The van der Waals surface area contributed by atoms with Crippen molar-refractivity contribution in [3.63, 3.8) is 0 Å². The zero-order chi connectivity index (χ0) is 15.6. The zero-order valence-corrected chi connectivity index (χ0v) is 14.1. The lowest BCUT2D eigenvalue weighted by molar-refractivity contribution is -0.133. The fourth-order valence-corrected chi connectivity index (χ4v) is 4.05. The van der Waals surface area contributed by atoms with Crippen molar-refractivity contribution >= 4 is 23.2 Å². The van der Waals surface area contributed by atoms with Gasteiger partial charge in [-0.05, 0) is 44.7 Å². The van der Waals surface area contributed by atoms with E-state index in [1.54, 1.807) is 30.3 Å². The summed E-state index contributed by atoms with van der Waals surface area (Å²) in [5.41, 5.74) is 1.20. The molecule has 0 fully saturated rings. The quantitative estimate of drug-likeness (QED) is 0.857. The molecule has 0 N–H and O–H groups in total. The third kappa shape index (κ3) is 3.28. The van der Waals surface area contributed by atoms with Gasteiger partial charge >= 0.3 is 0 Å². The monoisotopic (exact) mass is 308 g/mol. The van der Waals surface area contributed by atoms with Crippen LogP contribution in [0.15, 0.2) is 6.07 Å². The van der Waals surface area contributed by atoms with Crippen LogP contribution in [-0.2, 0) is 17.6 Å². The number of amides is 2. The normalized spacial score (nSPS) is 17.2. The fourth-order valence-electron chi connectivity index (χ4n) is 2.87. The lowest BCUT2D eigenvalue weighted by Crippen LogP contribution is -2.32. The van der Waals surface area contributed by atoms with E-state index in [4.69, 9.17) is 0 Å². The first-order chi connectivity index (χ1) is 9.97. The first kappa shape index (κ1) is 16.0. The van der Waals surface area contributed by atoms with Gasteiger partial charge in [-0.25, -0.2) is 0 Å².